The van der Waals surface area contributed by atoms with Crippen molar-refractivity contribution in [3.63, 3.8) is 0 Å². The van der Waals surface area contributed by atoms with Crippen molar-refractivity contribution in [1.29, 1.82) is 0 Å². The van der Waals surface area contributed by atoms with Gasteiger partial charge in [0, 0.05) is 19.1 Å². The second-order valence-corrected chi connectivity index (χ2v) is 4.14. The van der Waals surface area contributed by atoms with Gasteiger partial charge in [-0.3, -0.25) is 4.79 Å². The molecular formula is C11H20N2O4. The number of nitrogens with one attached hydrogen (secondary N) is 1. The van der Waals surface area contributed by atoms with E-state index >= 15 is 0 Å². The molecule has 0 aromatic carbocycles. The second-order valence-electron chi connectivity index (χ2n) is 4.14. The Bertz CT molecular complexity index is 283. The number of rotatable bonds is 3. The molecule has 6 nitrogen and oxygen atoms in total. The first-order valence-electron chi connectivity index (χ1n) is 5.75. The van der Waals surface area contributed by atoms with Crippen molar-refractivity contribution in [2.24, 2.45) is 5.92 Å². The largest absolute Gasteiger partial charge is 0.469 e. The molecule has 0 aromatic heterocycles. The number of methoxy groups -OCH3 is 2. The molecule has 1 aliphatic rings. The van der Waals surface area contributed by atoms with Crippen molar-refractivity contribution < 1.29 is 19.1 Å². The van der Waals surface area contributed by atoms with Gasteiger partial charge in [0.15, 0.2) is 0 Å². The Kier molecular flexibility index (Phi) is 5.21. The van der Waals surface area contributed by atoms with Crippen LogP contribution in [0.2, 0.25) is 0 Å². The topological polar surface area (TPSA) is 67.9 Å². The van der Waals surface area contributed by atoms with Crippen molar-refractivity contribution >= 4 is 12.1 Å². The van der Waals surface area contributed by atoms with Crippen molar-refractivity contribution in [1.82, 2.24) is 10.2 Å². The van der Waals surface area contributed by atoms with Gasteiger partial charge in [0.25, 0.3) is 0 Å². The molecule has 1 heterocycles. The summed E-state index contributed by atoms with van der Waals surface area (Å²) in [7, 11) is 2.71. The minimum absolute atomic E-state index is 0.0692. The Hall–Kier alpha value is -1.30. The van der Waals surface area contributed by atoms with Gasteiger partial charge in [0.05, 0.1) is 20.1 Å². The summed E-state index contributed by atoms with van der Waals surface area (Å²) >= 11 is 0. The second kappa shape index (κ2) is 6.44. The molecule has 98 valence electrons. The molecule has 0 bridgehead atoms. The summed E-state index contributed by atoms with van der Waals surface area (Å²) in [6.07, 6.45) is 0.134. The van der Waals surface area contributed by atoms with Crippen LogP contribution in [-0.4, -0.2) is 56.9 Å². The summed E-state index contributed by atoms with van der Waals surface area (Å²) in [6.45, 7) is 4.28. The average Bonchev–Trinajstić information content (AvgIpc) is 2.36. The van der Waals surface area contributed by atoms with Crippen LogP contribution in [0.5, 0.6) is 0 Å². The van der Waals surface area contributed by atoms with E-state index in [4.69, 9.17) is 4.74 Å². The molecule has 1 amide bonds. The van der Waals surface area contributed by atoms with Gasteiger partial charge in [-0.05, 0) is 13.0 Å². The Morgan fingerprint density at radius 3 is 2.53 bits per heavy atom. The first-order chi connectivity index (χ1) is 8.10. The molecular weight excluding hydrogens is 224 g/mol. The molecule has 1 rings (SSSR count). The van der Waals surface area contributed by atoms with Gasteiger partial charge in [-0.25, -0.2) is 4.79 Å². The van der Waals surface area contributed by atoms with E-state index in [2.05, 4.69) is 15.0 Å². The third-order valence-corrected chi connectivity index (χ3v) is 3.02. The zero-order valence-corrected chi connectivity index (χ0v) is 10.6. The predicted molar refractivity (Wildman–Crippen MR) is 61.6 cm³/mol. The van der Waals surface area contributed by atoms with Crippen LogP contribution in [0.25, 0.3) is 0 Å². The predicted octanol–water partition coefficient (Wildman–Crippen LogP) is 0.226. The van der Waals surface area contributed by atoms with Crippen LogP contribution in [0.15, 0.2) is 0 Å². The Morgan fingerprint density at radius 1 is 1.29 bits per heavy atom. The van der Waals surface area contributed by atoms with E-state index in [0.29, 0.717) is 13.0 Å². The minimum atomic E-state index is -0.462. The van der Waals surface area contributed by atoms with Gasteiger partial charge in [0.2, 0.25) is 0 Å². The first-order valence-corrected chi connectivity index (χ1v) is 5.75. The lowest BCUT2D eigenvalue weighted by atomic mass is 9.94. The molecule has 1 fully saturated rings. The van der Waals surface area contributed by atoms with Gasteiger partial charge < -0.3 is 19.7 Å². The lowest BCUT2D eigenvalue weighted by molar-refractivity contribution is -0.147. The summed E-state index contributed by atoms with van der Waals surface area (Å²) in [5.41, 5.74) is 0. The Balaban J connectivity index is 2.59. The van der Waals surface area contributed by atoms with Crippen LogP contribution in [-0.2, 0) is 14.3 Å². The number of ether oxygens (including phenoxy) is 2. The van der Waals surface area contributed by atoms with Gasteiger partial charge in [0.1, 0.15) is 0 Å². The number of nitrogens with zero attached hydrogens (tertiary/aromatic N) is 1. The number of hydrogen-bond donors (Lipinski definition) is 1. The lowest BCUT2D eigenvalue weighted by Crippen LogP contribution is -2.52. The Morgan fingerprint density at radius 2 is 2.00 bits per heavy atom. The highest BCUT2D eigenvalue weighted by Crippen LogP contribution is 2.18. The number of piperidine rings is 1. The highest BCUT2D eigenvalue weighted by Gasteiger charge is 2.32. The average molecular weight is 244 g/mol. The van der Waals surface area contributed by atoms with E-state index < -0.39 is 6.09 Å². The number of likely N-dealkylation sites (tertiary alicyclic amines) is 1. The molecule has 6 heteroatoms. The molecule has 1 N–H and O–H groups in total. The van der Waals surface area contributed by atoms with Crippen LogP contribution in [0, 0.1) is 5.92 Å². The van der Waals surface area contributed by atoms with Gasteiger partial charge in [-0.15, -0.1) is 0 Å². The molecule has 0 spiro atoms. The molecule has 0 saturated carbocycles. The van der Waals surface area contributed by atoms with Crippen LogP contribution < -0.4 is 5.32 Å². The molecule has 17 heavy (non-hydrogen) atoms. The summed E-state index contributed by atoms with van der Waals surface area (Å²) in [5, 5.41) is 2.73. The number of likely N-dealkylation sites (N-methyl/N-ethyl adjacent to an activating group) is 1. The number of hydrogen-bond acceptors (Lipinski definition) is 5. The monoisotopic (exact) mass is 244 g/mol. The molecule has 0 aliphatic carbocycles. The van der Waals surface area contributed by atoms with E-state index in [9.17, 15) is 9.59 Å². The van der Waals surface area contributed by atoms with Crippen LogP contribution in [0.3, 0.4) is 0 Å². The van der Waals surface area contributed by atoms with Gasteiger partial charge >= 0.3 is 12.1 Å². The number of amides is 1. The maximum Gasteiger partial charge on any atom is 0.407 e. The molecule has 1 aliphatic heterocycles. The third kappa shape index (κ3) is 3.89. The quantitative estimate of drug-likeness (QED) is 0.720. The fourth-order valence-electron chi connectivity index (χ4n) is 2.12. The highest BCUT2D eigenvalue weighted by atomic mass is 16.5. The summed E-state index contributed by atoms with van der Waals surface area (Å²) in [6, 6.07) is -0.0692. The van der Waals surface area contributed by atoms with Crippen LogP contribution in [0.4, 0.5) is 4.79 Å². The van der Waals surface area contributed by atoms with Crippen molar-refractivity contribution in [3.05, 3.63) is 0 Å². The maximum absolute atomic E-state index is 11.5. The number of esters is 1. The zero-order valence-electron chi connectivity index (χ0n) is 10.6. The van der Waals surface area contributed by atoms with Gasteiger partial charge in [-0.1, -0.05) is 6.92 Å². The van der Waals surface area contributed by atoms with Crippen molar-refractivity contribution in [2.45, 2.75) is 19.4 Å². The normalized spacial score (nSPS) is 25.1. The van der Waals surface area contributed by atoms with Crippen molar-refractivity contribution in [3.8, 4) is 0 Å². The summed E-state index contributed by atoms with van der Waals surface area (Å²) < 4.78 is 9.31. The smallest absolute Gasteiger partial charge is 0.407 e. The zero-order chi connectivity index (χ0) is 12.8. The molecule has 0 radical (unpaired) electrons. The number of alkyl carbamates (subject to hydrolysis) is 1. The summed E-state index contributed by atoms with van der Waals surface area (Å²) in [5.74, 6) is -0.407. The van der Waals surface area contributed by atoms with E-state index in [1.807, 2.05) is 6.92 Å². The molecule has 2 unspecified atom stereocenters. The molecule has 0 aromatic rings. The molecule has 2 atom stereocenters. The van der Waals surface area contributed by atoms with Crippen molar-refractivity contribution in [2.75, 3.05) is 33.9 Å². The SMILES string of the molecule is CCN1CC(NC(=O)OC)CC(C(=O)OC)C1. The fraction of sp³-hybridized carbons (Fsp3) is 0.818. The standard InChI is InChI=1S/C11H20N2O4/c1-4-13-6-8(10(14)16-2)5-9(7-13)12-11(15)17-3/h8-9H,4-7H2,1-3H3,(H,12,15). The van der Waals surface area contributed by atoms with Crippen LogP contribution >= 0.6 is 0 Å². The summed E-state index contributed by atoms with van der Waals surface area (Å²) in [4.78, 5) is 24.8. The highest BCUT2D eigenvalue weighted by molar-refractivity contribution is 5.73. The third-order valence-electron chi connectivity index (χ3n) is 3.02. The number of carbonyl (C=O) groups is 2. The van der Waals surface area contributed by atoms with E-state index in [1.54, 1.807) is 0 Å². The first kappa shape index (κ1) is 13.8. The fourth-order valence-corrected chi connectivity index (χ4v) is 2.12. The Labute approximate surface area is 101 Å². The minimum Gasteiger partial charge on any atom is -0.469 e. The lowest BCUT2D eigenvalue weighted by Gasteiger charge is -2.35. The van der Waals surface area contributed by atoms with E-state index in [0.717, 1.165) is 13.1 Å². The van der Waals surface area contributed by atoms with E-state index in [1.165, 1.54) is 14.2 Å². The van der Waals surface area contributed by atoms with Crippen LogP contribution in [0.1, 0.15) is 13.3 Å². The maximum atomic E-state index is 11.5. The van der Waals surface area contributed by atoms with E-state index in [-0.39, 0.29) is 17.9 Å². The number of carbonyl (C=O) groups excluding carboxylic acids is 2. The molecule has 1 saturated heterocycles. The van der Waals surface area contributed by atoms with Gasteiger partial charge in [-0.2, -0.15) is 0 Å².